The molecule has 3 rings (SSSR count). The lowest BCUT2D eigenvalue weighted by molar-refractivity contribution is 0.753. The minimum absolute atomic E-state index is 0.886. The molecule has 2 aromatic carbocycles. The molecule has 0 saturated heterocycles. The van der Waals surface area contributed by atoms with Gasteiger partial charge in [0.1, 0.15) is 5.69 Å². The van der Waals surface area contributed by atoms with Gasteiger partial charge in [0.05, 0.1) is 11.9 Å². The maximum atomic E-state index is 4.50. The first-order chi connectivity index (χ1) is 8.83. The third-order valence-electron chi connectivity index (χ3n) is 2.79. The Morgan fingerprint density at radius 2 is 1.78 bits per heavy atom. The molecule has 0 fully saturated rings. The third-order valence-corrected chi connectivity index (χ3v) is 2.79. The lowest BCUT2D eigenvalue weighted by atomic mass is 10.2. The molecule has 0 unspecified atom stereocenters. The molecule has 3 heteroatoms. The number of rotatable bonds is 2. The zero-order valence-corrected chi connectivity index (χ0v) is 10.1. The molecule has 3 aromatic rings. The first-order valence-corrected chi connectivity index (χ1v) is 5.88. The summed E-state index contributed by atoms with van der Waals surface area (Å²) in [5.41, 5.74) is 4.15. The molecule has 0 aliphatic rings. The van der Waals surface area contributed by atoms with Gasteiger partial charge in [0.25, 0.3) is 0 Å². The van der Waals surface area contributed by atoms with E-state index in [0.717, 1.165) is 16.9 Å². The number of aromatic nitrogens is 3. The number of hydrogen-bond donors (Lipinski definition) is 0. The average Bonchev–Trinajstić information content (AvgIpc) is 2.89. The first-order valence-electron chi connectivity index (χ1n) is 5.88. The van der Waals surface area contributed by atoms with Gasteiger partial charge in [-0.05, 0) is 24.6 Å². The van der Waals surface area contributed by atoms with E-state index in [9.17, 15) is 0 Å². The topological polar surface area (TPSA) is 30.7 Å². The van der Waals surface area contributed by atoms with Gasteiger partial charge in [-0.15, -0.1) is 5.10 Å². The smallest absolute Gasteiger partial charge is 0.113 e. The fourth-order valence-corrected chi connectivity index (χ4v) is 1.88. The third kappa shape index (κ3) is 2.02. The standard InChI is InChI=1S/C15H13N3/c1-12-6-5-9-14(10-12)18-16-11-15(17-18)13-7-3-2-4-8-13/h2-11H,1H3. The Balaban J connectivity index is 2.00. The van der Waals surface area contributed by atoms with Crippen LogP contribution >= 0.6 is 0 Å². The maximum Gasteiger partial charge on any atom is 0.113 e. The number of benzene rings is 2. The summed E-state index contributed by atoms with van der Waals surface area (Å²) in [6.45, 7) is 2.06. The molecule has 0 atom stereocenters. The van der Waals surface area contributed by atoms with Crippen LogP contribution in [0.3, 0.4) is 0 Å². The highest BCUT2D eigenvalue weighted by Gasteiger charge is 2.04. The molecule has 1 aromatic heterocycles. The van der Waals surface area contributed by atoms with Crippen LogP contribution in [0, 0.1) is 6.92 Å². The second-order valence-corrected chi connectivity index (χ2v) is 4.22. The van der Waals surface area contributed by atoms with Gasteiger partial charge in [-0.1, -0.05) is 42.5 Å². The van der Waals surface area contributed by atoms with E-state index >= 15 is 0 Å². The Hall–Kier alpha value is -2.42. The summed E-state index contributed by atoms with van der Waals surface area (Å²) < 4.78 is 0. The van der Waals surface area contributed by atoms with E-state index in [2.05, 4.69) is 29.3 Å². The molecule has 0 spiro atoms. The molecule has 0 saturated carbocycles. The predicted molar refractivity (Wildman–Crippen MR) is 71.5 cm³/mol. The summed E-state index contributed by atoms with van der Waals surface area (Å²) in [7, 11) is 0. The first kappa shape index (κ1) is 10.7. The van der Waals surface area contributed by atoms with E-state index in [1.807, 2.05) is 42.5 Å². The maximum absolute atomic E-state index is 4.50. The van der Waals surface area contributed by atoms with Gasteiger partial charge in [-0.25, -0.2) is 0 Å². The van der Waals surface area contributed by atoms with Gasteiger partial charge in [0.2, 0.25) is 0 Å². The van der Waals surface area contributed by atoms with Crippen molar-refractivity contribution in [2.24, 2.45) is 0 Å². The van der Waals surface area contributed by atoms with Crippen LogP contribution in [-0.2, 0) is 0 Å². The molecule has 18 heavy (non-hydrogen) atoms. The zero-order chi connectivity index (χ0) is 12.4. The summed E-state index contributed by atoms with van der Waals surface area (Å²) in [5, 5.41) is 8.81. The predicted octanol–water partition coefficient (Wildman–Crippen LogP) is 3.24. The molecule has 0 bridgehead atoms. The summed E-state index contributed by atoms with van der Waals surface area (Å²) in [6, 6.07) is 18.2. The van der Waals surface area contributed by atoms with Crippen molar-refractivity contribution in [3.8, 4) is 16.9 Å². The molecular formula is C15H13N3. The van der Waals surface area contributed by atoms with Gasteiger partial charge < -0.3 is 0 Å². The van der Waals surface area contributed by atoms with E-state index in [0.29, 0.717) is 0 Å². The number of aryl methyl sites for hydroxylation is 1. The second kappa shape index (κ2) is 4.45. The van der Waals surface area contributed by atoms with E-state index in [1.165, 1.54) is 5.56 Å². The van der Waals surface area contributed by atoms with Crippen molar-refractivity contribution in [3.05, 3.63) is 66.4 Å². The van der Waals surface area contributed by atoms with Crippen LogP contribution < -0.4 is 0 Å². The van der Waals surface area contributed by atoms with Gasteiger partial charge >= 0.3 is 0 Å². The van der Waals surface area contributed by atoms with Crippen molar-refractivity contribution in [1.29, 1.82) is 0 Å². The summed E-state index contributed by atoms with van der Waals surface area (Å²) >= 11 is 0. The Kier molecular flexibility index (Phi) is 2.65. The van der Waals surface area contributed by atoms with Crippen LogP contribution in [0.2, 0.25) is 0 Å². The van der Waals surface area contributed by atoms with Crippen molar-refractivity contribution in [1.82, 2.24) is 15.0 Å². The Morgan fingerprint density at radius 3 is 2.56 bits per heavy atom. The van der Waals surface area contributed by atoms with Crippen molar-refractivity contribution >= 4 is 0 Å². The van der Waals surface area contributed by atoms with Crippen LogP contribution in [0.4, 0.5) is 0 Å². The fraction of sp³-hybridized carbons (Fsp3) is 0.0667. The van der Waals surface area contributed by atoms with Crippen molar-refractivity contribution in [2.75, 3.05) is 0 Å². The van der Waals surface area contributed by atoms with Crippen LogP contribution in [0.15, 0.2) is 60.8 Å². The highest BCUT2D eigenvalue weighted by Crippen LogP contribution is 2.16. The minimum Gasteiger partial charge on any atom is -0.156 e. The summed E-state index contributed by atoms with van der Waals surface area (Å²) in [6.07, 6.45) is 1.79. The van der Waals surface area contributed by atoms with Crippen LogP contribution in [0.1, 0.15) is 5.56 Å². The SMILES string of the molecule is Cc1cccc(-n2ncc(-c3ccccc3)n2)c1. The van der Waals surface area contributed by atoms with Crippen LogP contribution in [-0.4, -0.2) is 15.0 Å². The molecular weight excluding hydrogens is 222 g/mol. The monoisotopic (exact) mass is 235 g/mol. The summed E-state index contributed by atoms with van der Waals surface area (Å²) in [4.78, 5) is 1.66. The molecule has 1 heterocycles. The van der Waals surface area contributed by atoms with Gasteiger partial charge in [0, 0.05) is 5.56 Å². The number of nitrogens with zero attached hydrogens (tertiary/aromatic N) is 3. The zero-order valence-electron chi connectivity index (χ0n) is 10.1. The normalized spacial score (nSPS) is 10.5. The molecule has 0 N–H and O–H groups in total. The Labute approximate surface area is 106 Å². The highest BCUT2D eigenvalue weighted by molar-refractivity contribution is 5.57. The quantitative estimate of drug-likeness (QED) is 0.682. The Morgan fingerprint density at radius 1 is 0.944 bits per heavy atom. The lowest BCUT2D eigenvalue weighted by Crippen LogP contribution is -1.98. The second-order valence-electron chi connectivity index (χ2n) is 4.22. The molecule has 0 aliphatic carbocycles. The van der Waals surface area contributed by atoms with Crippen molar-refractivity contribution in [2.45, 2.75) is 6.92 Å². The van der Waals surface area contributed by atoms with E-state index in [-0.39, 0.29) is 0 Å². The van der Waals surface area contributed by atoms with E-state index in [1.54, 1.807) is 11.0 Å². The molecule has 0 aliphatic heterocycles. The number of hydrogen-bond acceptors (Lipinski definition) is 2. The summed E-state index contributed by atoms with van der Waals surface area (Å²) in [5.74, 6) is 0. The fourth-order valence-electron chi connectivity index (χ4n) is 1.88. The van der Waals surface area contributed by atoms with Gasteiger partial charge in [0.15, 0.2) is 0 Å². The van der Waals surface area contributed by atoms with Crippen LogP contribution in [0.25, 0.3) is 16.9 Å². The molecule has 88 valence electrons. The van der Waals surface area contributed by atoms with Crippen molar-refractivity contribution in [3.63, 3.8) is 0 Å². The minimum atomic E-state index is 0.886. The average molecular weight is 235 g/mol. The van der Waals surface area contributed by atoms with E-state index < -0.39 is 0 Å². The van der Waals surface area contributed by atoms with Gasteiger partial charge in [-0.2, -0.15) is 9.90 Å². The van der Waals surface area contributed by atoms with E-state index in [4.69, 9.17) is 0 Å². The molecule has 3 nitrogen and oxygen atoms in total. The van der Waals surface area contributed by atoms with Gasteiger partial charge in [-0.3, -0.25) is 0 Å². The molecule has 0 amide bonds. The largest absolute Gasteiger partial charge is 0.156 e. The van der Waals surface area contributed by atoms with Crippen molar-refractivity contribution < 1.29 is 0 Å². The highest BCUT2D eigenvalue weighted by atomic mass is 15.5. The Bertz CT molecular complexity index is 656. The van der Waals surface area contributed by atoms with Crippen LogP contribution in [0.5, 0.6) is 0 Å². The lowest BCUT2D eigenvalue weighted by Gasteiger charge is -2.00. The molecule has 0 radical (unpaired) electrons.